The van der Waals surface area contributed by atoms with E-state index in [1.165, 1.54) is 16.5 Å². The molecule has 1 aromatic heterocycles. The third kappa shape index (κ3) is 3.01. The second kappa shape index (κ2) is 5.38. The first-order valence-corrected chi connectivity index (χ1v) is 7.18. The van der Waals surface area contributed by atoms with Crippen molar-refractivity contribution >= 4 is 11.0 Å². The molecule has 1 heterocycles. The zero-order valence-corrected chi connectivity index (χ0v) is 12.7. The molecule has 1 aromatic carbocycles. The molecule has 2 heteroatoms. The van der Waals surface area contributed by atoms with E-state index in [2.05, 4.69) is 58.1 Å². The van der Waals surface area contributed by atoms with Gasteiger partial charge in [0.25, 0.3) is 0 Å². The molecule has 104 valence electrons. The van der Waals surface area contributed by atoms with Crippen LogP contribution in [0.1, 0.15) is 52.2 Å². The molecule has 0 radical (unpaired) electrons. The quantitative estimate of drug-likeness (QED) is 0.847. The molecule has 0 aliphatic heterocycles. The van der Waals surface area contributed by atoms with E-state index in [-0.39, 0.29) is 5.41 Å². The van der Waals surface area contributed by atoms with Crippen LogP contribution in [-0.2, 0) is 12.0 Å². The third-order valence-electron chi connectivity index (χ3n) is 4.02. The van der Waals surface area contributed by atoms with Crippen molar-refractivity contribution in [2.45, 2.75) is 59.0 Å². The minimum Gasteiger partial charge on any atom is -0.464 e. The van der Waals surface area contributed by atoms with Crippen LogP contribution in [0.4, 0.5) is 0 Å². The number of fused-ring (bicyclic) bond motifs is 1. The van der Waals surface area contributed by atoms with Gasteiger partial charge >= 0.3 is 0 Å². The lowest BCUT2D eigenvalue weighted by molar-refractivity contribution is 0.506. The van der Waals surface area contributed by atoms with Gasteiger partial charge in [-0.1, -0.05) is 40.7 Å². The number of rotatable bonds is 5. The molecule has 19 heavy (non-hydrogen) atoms. The summed E-state index contributed by atoms with van der Waals surface area (Å²) in [5.41, 5.74) is 3.83. The Kier molecular flexibility index (Phi) is 4.00. The Hall–Kier alpha value is -1.28. The second-order valence-electron chi connectivity index (χ2n) is 6.24. The summed E-state index contributed by atoms with van der Waals surface area (Å²) in [5, 5.41) is 4.69. The molecule has 0 aliphatic carbocycles. The second-order valence-corrected chi connectivity index (χ2v) is 6.24. The van der Waals surface area contributed by atoms with Crippen LogP contribution < -0.4 is 5.32 Å². The van der Waals surface area contributed by atoms with Crippen molar-refractivity contribution in [3.63, 3.8) is 0 Å². The predicted molar refractivity (Wildman–Crippen MR) is 81.5 cm³/mol. The van der Waals surface area contributed by atoms with E-state index in [0.717, 1.165) is 18.5 Å². The van der Waals surface area contributed by atoms with Crippen LogP contribution in [-0.4, -0.2) is 6.04 Å². The Labute approximate surface area is 116 Å². The minimum absolute atomic E-state index is 0.216. The average molecular weight is 259 g/mol. The smallest absolute Gasteiger partial charge is 0.134 e. The first-order chi connectivity index (χ1) is 8.94. The number of hydrogen-bond acceptors (Lipinski definition) is 2. The van der Waals surface area contributed by atoms with E-state index in [4.69, 9.17) is 4.42 Å². The zero-order valence-electron chi connectivity index (χ0n) is 12.7. The van der Waals surface area contributed by atoms with E-state index < -0.39 is 0 Å². The highest BCUT2D eigenvalue weighted by Gasteiger charge is 2.19. The van der Waals surface area contributed by atoms with Gasteiger partial charge in [0.05, 0.1) is 6.26 Å². The predicted octanol–water partition coefficient (Wildman–Crippen LogP) is 4.62. The number of benzene rings is 1. The Morgan fingerprint density at radius 2 is 2.00 bits per heavy atom. The van der Waals surface area contributed by atoms with Crippen LogP contribution in [0.3, 0.4) is 0 Å². The maximum absolute atomic E-state index is 5.64. The lowest BCUT2D eigenvalue weighted by atomic mass is 9.82. The summed E-state index contributed by atoms with van der Waals surface area (Å²) in [6.07, 6.45) is 3.01. The van der Waals surface area contributed by atoms with Gasteiger partial charge < -0.3 is 9.73 Å². The van der Waals surface area contributed by atoms with E-state index in [9.17, 15) is 0 Å². The van der Waals surface area contributed by atoms with Gasteiger partial charge in [0, 0.05) is 23.5 Å². The van der Waals surface area contributed by atoms with Gasteiger partial charge in [-0.05, 0) is 29.5 Å². The number of hydrogen-bond donors (Lipinski definition) is 1. The number of nitrogens with one attached hydrogen (secondary N) is 1. The fourth-order valence-electron chi connectivity index (χ4n) is 2.16. The van der Waals surface area contributed by atoms with Gasteiger partial charge in [-0.15, -0.1) is 0 Å². The first kappa shape index (κ1) is 14.1. The van der Waals surface area contributed by atoms with Crippen molar-refractivity contribution < 1.29 is 4.42 Å². The maximum Gasteiger partial charge on any atom is 0.134 e. The fraction of sp³-hybridized carbons (Fsp3) is 0.529. The Balaban J connectivity index is 2.37. The molecule has 0 spiro atoms. The van der Waals surface area contributed by atoms with Gasteiger partial charge in [0.15, 0.2) is 0 Å². The molecule has 0 aliphatic rings. The molecular weight excluding hydrogens is 234 g/mol. The van der Waals surface area contributed by atoms with Crippen LogP contribution in [0.5, 0.6) is 0 Å². The molecule has 2 nitrogen and oxygen atoms in total. The highest BCUT2D eigenvalue weighted by molar-refractivity contribution is 5.82. The molecule has 0 atom stereocenters. The lowest BCUT2D eigenvalue weighted by Gasteiger charge is -2.23. The molecular formula is C17H25NO. The fourth-order valence-corrected chi connectivity index (χ4v) is 2.16. The minimum atomic E-state index is 0.216. The Morgan fingerprint density at radius 3 is 2.63 bits per heavy atom. The topological polar surface area (TPSA) is 25.2 Å². The van der Waals surface area contributed by atoms with Crippen LogP contribution in [0, 0.1) is 0 Å². The van der Waals surface area contributed by atoms with Crippen LogP contribution >= 0.6 is 0 Å². The highest BCUT2D eigenvalue weighted by Crippen LogP contribution is 2.31. The van der Waals surface area contributed by atoms with E-state index in [1.54, 1.807) is 0 Å². The summed E-state index contributed by atoms with van der Waals surface area (Å²) in [6.45, 7) is 12.0. The van der Waals surface area contributed by atoms with E-state index in [0.29, 0.717) is 6.04 Å². The maximum atomic E-state index is 5.64. The molecule has 2 rings (SSSR count). The van der Waals surface area contributed by atoms with Crippen molar-refractivity contribution in [2.75, 3.05) is 0 Å². The summed E-state index contributed by atoms with van der Waals surface area (Å²) >= 11 is 0. The molecule has 2 aromatic rings. The van der Waals surface area contributed by atoms with Crippen molar-refractivity contribution in [1.29, 1.82) is 0 Å². The summed E-state index contributed by atoms with van der Waals surface area (Å²) in [4.78, 5) is 0. The van der Waals surface area contributed by atoms with E-state index in [1.807, 2.05) is 6.26 Å². The molecule has 0 saturated carbocycles. The van der Waals surface area contributed by atoms with Gasteiger partial charge in [0.2, 0.25) is 0 Å². The zero-order chi connectivity index (χ0) is 14.0. The molecule has 0 saturated heterocycles. The van der Waals surface area contributed by atoms with E-state index >= 15 is 0 Å². The van der Waals surface area contributed by atoms with Crippen LogP contribution in [0.15, 0.2) is 28.9 Å². The molecule has 1 N–H and O–H groups in total. The number of furan rings is 1. The van der Waals surface area contributed by atoms with Gasteiger partial charge in [0.1, 0.15) is 5.58 Å². The highest BCUT2D eigenvalue weighted by atomic mass is 16.3. The van der Waals surface area contributed by atoms with Gasteiger partial charge in [-0.2, -0.15) is 0 Å². The molecule has 0 unspecified atom stereocenters. The summed E-state index contributed by atoms with van der Waals surface area (Å²) in [6, 6.07) is 7.07. The van der Waals surface area contributed by atoms with Crippen molar-refractivity contribution in [1.82, 2.24) is 5.32 Å². The first-order valence-electron chi connectivity index (χ1n) is 7.18. The standard InChI is InChI=1S/C17H25NO/c1-6-17(4,5)14-7-8-16-15(9-14)13(11-19-16)10-18-12(2)3/h7-9,11-12,18H,6,10H2,1-5H3. The average Bonchev–Trinajstić information content (AvgIpc) is 2.78. The molecule has 0 amide bonds. The molecule has 0 bridgehead atoms. The third-order valence-corrected chi connectivity index (χ3v) is 4.02. The summed E-state index contributed by atoms with van der Waals surface area (Å²) < 4.78 is 5.64. The van der Waals surface area contributed by atoms with Crippen LogP contribution in [0.25, 0.3) is 11.0 Å². The monoisotopic (exact) mass is 259 g/mol. The molecule has 0 fully saturated rings. The van der Waals surface area contributed by atoms with Crippen molar-refractivity contribution in [3.8, 4) is 0 Å². The van der Waals surface area contributed by atoms with Crippen molar-refractivity contribution in [3.05, 3.63) is 35.6 Å². The van der Waals surface area contributed by atoms with Gasteiger partial charge in [-0.3, -0.25) is 0 Å². The van der Waals surface area contributed by atoms with Crippen molar-refractivity contribution in [2.24, 2.45) is 0 Å². The van der Waals surface area contributed by atoms with Crippen LogP contribution in [0.2, 0.25) is 0 Å². The normalized spacial score (nSPS) is 12.5. The van der Waals surface area contributed by atoms with Gasteiger partial charge in [-0.25, -0.2) is 0 Å². The SMILES string of the molecule is CCC(C)(C)c1ccc2occ(CNC(C)C)c2c1. The lowest BCUT2D eigenvalue weighted by Crippen LogP contribution is -2.21. The Bertz CT molecular complexity index is 551. The summed E-state index contributed by atoms with van der Waals surface area (Å²) in [5.74, 6) is 0. The summed E-state index contributed by atoms with van der Waals surface area (Å²) in [7, 11) is 0. The Morgan fingerprint density at radius 1 is 1.26 bits per heavy atom. The largest absolute Gasteiger partial charge is 0.464 e.